The van der Waals surface area contributed by atoms with Crippen molar-refractivity contribution >= 4 is 5.82 Å². The van der Waals surface area contributed by atoms with Crippen LogP contribution in [0.3, 0.4) is 0 Å². The molecule has 23 heavy (non-hydrogen) atoms. The van der Waals surface area contributed by atoms with Crippen LogP contribution in [-0.4, -0.2) is 49.2 Å². The molecule has 6 heteroatoms. The molecule has 3 rings (SSSR count). The third-order valence-electron chi connectivity index (χ3n) is 5.28. The van der Waals surface area contributed by atoms with Gasteiger partial charge in [0.25, 0.3) is 0 Å². The fraction of sp³-hybridized carbons (Fsp3) is 0.765. The minimum absolute atomic E-state index is 0.261. The number of rotatable bonds is 6. The van der Waals surface area contributed by atoms with E-state index in [0.29, 0.717) is 24.4 Å². The summed E-state index contributed by atoms with van der Waals surface area (Å²) >= 11 is 0. The van der Waals surface area contributed by atoms with Crippen molar-refractivity contribution in [3.63, 3.8) is 0 Å². The van der Waals surface area contributed by atoms with Crippen LogP contribution in [0.15, 0.2) is 12.4 Å². The van der Waals surface area contributed by atoms with Crippen molar-refractivity contribution in [2.75, 3.05) is 32.3 Å². The van der Waals surface area contributed by atoms with Crippen molar-refractivity contribution in [2.45, 2.75) is 45.4 Å². The molecule has 0 radical (unpaired) electrons. The molecule has 0 amide bonds. The molecule has 1 saturated carbocycles. The first-order valence-corrected chi connectivity index (χ1v) is 8.31. The van der Waals surface area contributed by atoms with Crippen LogP contribution in [0, 0.1) is 11.3 Å². The third-order valence-corrected chi connectivity index (χ3v) is 5.28. The summed E-state index contributed by atoms with van der Waals surface area (Å²) in [5, 5.41) is 0. The summed E-state index contributed by atoms with van der Waals surface area (Å²) in [6.07, 6.45) is 3.46. The van der Waals surface area contributed by atoms with E-state index < -0.39 is 5.79 Å². The lowest BCUT2D eigenvalue weighted by molar-refractivity contribution is -0.311. The number of hydrogen-bond acceptors (Lipinski definition) is 6. The Hall–Kier alpha value is -1.40. The quantitative estimate of drug-likeness (QED) is 0.750. The van der Waals surface area contributed by atoms with Crippen LogP contribution in [0.4, 0.5) is 5.82 Å². The van der Waals surface area contributed by atoms with Crippen molar-refractivity contribution in [3.8, 4) is 5.88 Å². The largest absolute Gasteiger partial charge is 0.478 e. The molecule has 0 bridgehead atoms. The van der Waals surface area contributed by atoms with Crippen molar-refractivity contribution in [1.82, 2.24) is 9.97 Å². The summed E-state index contributed by atoms with van der Waals surface area (Å²) in [5.74, 6) is 1.71. The summed E-state index contributed by atoms with van der Waals surface area (Å²) < 4.78 is 16.7. The van der Waals surface area contributed by atoms with E-state index in [0.717, 1.165) is 25.2 Å². The standard InChI is InChI=1S/C17H27N3O3/c1-6-23-14-7-13(18-11-19-14)20-10-16(15(20)12(2)3)8-17(9-16,21-4)22-5/h7,11-12,15H,6,8-10H2,1-5H3. The fourth-order valence-corrected chi connectivity index (χ4v) is 4.47. The van der Waals surface area contributed by atoms with Gasteiger partial charge in [0.2, 0.25) is 5.88 Å². The Morgan fingerprint density at radius 1 is 1.26 bits per heavy atom. The Balaban J connectivity index is 1.77. The van der Waals surface area contributed by atoms with Gasteiger partial charge < -0.3 is 19.1 Å². The predicted molar refractivity (Wildman–Crippen MR) is 87.6 cm³/mol. The average molecular weight is 321 g/mol. The SMILES string of the molecule is CCOc1cc(N2CC3(CC(OC)(OC)C3)C2C(C)C)ncn1. The molecule has 1 aromatic heterocycles. The molecule has 6 nitrogen and oxygen atoms in total. The maximum absolute atomic E-state index is 5.59. The average Bonchev–Trinajstić information content (AvgIpc) is 2.46. The molecule has 1 aromatic rings. The number of ether oxygens (including phenoxy) is 3. The van der Waals surface area contributed by atoms with Crippen molar-refractivity contribution in [2.24, 2.45) is 11.3 Å². The lowest BCUT2D eigenvalue weighted by Gasteiger charge is -2.68. The van der Waals surface area contributed by atoms with Gasteiger partial charge in [-0.05, 0) is 12.8 Å². The van der Waals surface area contributed by atoms with Gasteiger partial charge in [0.1, 0.15) is 12.1 Å². The first-order chi connectivity index (χ1) is 11.0. The second kappa shape index (κ2) is 5.91. The number of anilines is 1. The van der Waals surface area contributed by atoms with Crippen LogP contribution >= 0.6 is 0 Å². The predicted octanol–water partition coefficient (Wildman–Crippen LogP) is 2.49. The van der Waals surface area contributed by atoms with E-state index in [4.69, 9.17) is 14.2 Å². The van der Waals surface area contributed by atoms with E-state index in [-0.39, 0.29) is 5.41 Å². The molecule has 2 aliphatic rings. The maximum atomic E-state index is 5.59. The van der Waals surface area contributed by atoms with Gasteiger partial charge in [-0.15, -0.1) is 0 Å². The van der Waals surface area contributed by atoms with E-state index in [1.807, 2.05) is 13.0 Å². The topological polar surface area (TPSA) is 56.7 Å². The van der Waals surface area contributed by atoms with Crippen LogP contribution in [0.2, 0.25) is 0 Å². The van der Waals surface area contributed by atoms with Gasteiger partial charge in [0.15, 0.2) is 5.79 Å². The van der Waals surface area contributed by atoms with Gasteiger partial charge in [-0.25, -0.2) is 9.97 Å². The number of nitrogens with zero attached hydrogens (tertiary/aromatic N) is 3. The first kappa shape index (κ1) is 16.5. The van der Waals surface area contributed by atoms with E-state index >= 15 is 0 Å². The van der Waals surface area contributed by atoms with Gasteiger partial charge in [-0.1, -0.05) is 13.8 Å². The van der Waals surface area contributed by atoms with Gasteiger partial charge in [-0.2, -0.15) is 0 Å². The van der Waals surface area contributed by atoms with E-state index in [1.54, 1.807) is 20.5 Å². The first-order valence-electron chi connectivity index (χ1n) is 8.31. The van der Waals surface area contributed by atoms with Crippen LogP contribution in [0.5, 0.6) is 5.88 Å². The van der Waals surface area contributed by atoms with Crippen molar-refractivity contribution in [3.05, 3.63) is 12.4 Å². The summed E-state index contributed by atoms with van der Waals surface area (Å²) in [6.45, 7) is 8.08. The molecule has 2 heterocycles. The Morgan fingerprint density at radius 2 is 1.96 bits per heavy atom. The van der Waals surface area contributed by atoms with Crippen LogP contribution in [0.1, 0.15) is 33.6 Å². The minimum atomic E-state index is -0.401. The highest BCUT2D eigenvalue weighted by atomic mass is 16.7. The normalized spacial score (nSPS) is 24.4. The van der Waals surface area contributed by atoms with Crippen LogP contribution in [-0.2, 0) is 9.47 Å². The van der Waals surface area contributed by atoms with Gasteiger partial charge >= 0.3 is 0 Å². The molecule has 1 aliphatic carbocycles. The van der Waals surface area contributed by atoms with E-state index in [2.05, 4.69) is 28.7 Å². The molecule has 0 aromatic carbocycles. The highest BCUT2D eigenvalue weighted by molar-refractivity contribution is 5.49. The monoisotopic (exact) mass is 321 g/mol. The zero-order chi connectivity index (χ0) is 16.7. The van der Waals surface area contributed by atoms with E-state index in [1.165, 1.54) is 0 Å². The molecule has 2 fully saturated rings. The fourth-order valence-electron chi connectivity index (χ4n) is 4.47. The Labute approximate surface area is 138 Å². The highest BCUT2D eigenvalue weighted by Gasteiger charge is 2.67. The Bertz CT molecular complexity index is 552. The highest BCUT2D eigenvalue weighted by Crippen LogP contribution is 2.61. The van der Waals surface area contributed by atoms with Crippen LogP contribution in [0.25, 0.3) is 0 Å². The molecular weight excluding hydrogens is 294 g/mol. The van der Waals surface area contributed by atoms with Crippen LogP contribution < -0.4 is 9.64 Å². The number of methoxy groups -OCH3 is 2. The van der Waals surface area contributed by atoms with E-state index in [9.17, 15) is 0 Å². The molecule has 1 spiro atoms. The second-order valence-corrected chi connectivity index (χ2v) is 7.00. The summed E-state index contributed by atoms with van der Waals surface area (Å²) in [5.41, 5.74) is 0.261. The zero-order valence-electron chi connectivity index (χ0n) is 14.7. The molecule has 128 valence electrons. The number of hydrogen-bond donors (Lipinski definition) is 0. The Morgan fingerprint density at radius 3 is 2.52 bits per heavy atom. The maximum Gasteiger partial charge on any atom is 0.218 e. The lowest BCUT2D eigenvalue weighted by atomic mass is 9.52. The van der Waals surface area contributed by atoms with Crippen molar-refractivity contribution in [1.29, 1.82) is 0 Å². The second-order valence-electron chi connectivity index (χ2n) is 7.00. The third kappa shape index (κ3) is 2.58. The summed E-state index contributed by atoms with van der Waals surface area (Å²) in [7, 11) is 3.46. The summed E-state index contributed by atoms with van der Waals surface area (Å²) in [4.78, 5) is 11.0. The lowest BCUT2D eigenvalue weighted by Crippen LogP contribution is -2.76. The Kier molecular flexibility index (Phi) is 4.23. The van der Waals surface area contributed by atoms with Gasteiger partial charge in [-0.3, -0.25) is 0 Å². The zero-order valence-corrected chi connectivity index (χ0v) is 14.7. The van der Waals surface area contributed by atoms with Gasteiger partial charge in [0.05, 0.1) is 6.61 Å². The molecule has 0 N–H and O–H groups in total. The molecular formula is C17H27N3O3. The molecule has 1 unspecified atom stereocenters. The minimum Gasteiger partial charge on any atom is -0.478 e. The summed E-state index contributed by atoms with van der Waals surface area (Å²) in [6, 6.07) is 2.37. The smallest absolute Gasteiger partial charge is 0.218 e. The molecule has 1 atom stereocenters. The number of aromatic nitrogens is 2. The molecule has 1 saturated heterocycles. The molecule has 1 aliphatic heterocycles. The van der Waals surface area contributed by atoms with Crippen molar-refractivity contribution < 1.29 is 14.2 Å². The van der Waals surface area contributed by atoms with Gasteiger partial charge in [0, 0.05) is 51.1 Å².